The maximum atomic E-state index is 10.5. The molecule has 0 radical (unpaired) electrons. The molecule has 0 saturated carbocycles. The fourth-order valence-corrected chi connectivity index (χ4v) is 1.47. The fraction of sp³-hybridized carbons (Fsp3) is 0.0833. The predicted molar refractivity (Wildman–Crippen MR) is 67.2 cm³/mol. The van der Waals surface area contributed by atoms with E-state index in [1.165, 1.54) is 24.5 Å². The van der Waals surface area contributed by atoms with Gasteiger partial charge in [0.1, 0.15) is 6.07 Å². The van der Waals surface area contributed by atoms with E-state index in [0.29, 0.717) is 12.4 Å². The summed E-state index contributed by atoms with van der Waals surface area (Å²) in [5.74, 6) is 0.392. The summed E-state index contributed by atoms with van der Waals surface area (Å²) in [5, 5.41) is 22.3. The van der Waals surface area contributed by atoms with Crippen LogP contribution in [-0.4, -0.2) is 14.9 Å². The Morgan fingerprint density at radius 1 is 1.26 bits per heavy atom. The Morgan fingerprint density at radius 3 is 2.58 bits per heavy atom. The van der Waals surface area contributed by atoms with Gasteiger partial charge < -0.3 is 5.32 Å². The van der Waals surface area contributed by atoms with Gasteiger partial charge in [0.15, 0.2) is 11.5 Å². The van der Waals surface area contributed by atoms with E-state index in [9.17, 15) is 10.1 Å². The minimum atomic E-state index is -0.451. The number of nitrogens with zero attached hydrogens (tertiary/aromatic N) is 4. The lowest BCUT2D eigenvalue weighted by Crippen LogP contribution is -2.04. The number of nitriles is 1. The summed E-state index contributed by atoms with van der Waals surface area (Å²) >= 11 is 0. The molecular formula is C12H9N5O2. The lowest BCUT2D eigenvalue weighted by Gasteiger charge is -2.05. The number of aromatic nitrogens is 2. The Labute approximate surface area is 108 Å². The average molecular weight is 255 g/mol. The van der Waals surface area contributed by atoms with Crippen LogP contribution in [-0.2, 0) is 6.54 Å². The van der Waals surface area contributed by atoms with E-state index in [1.54, 1.807) is 12.1 Å². The van der Waals surface area contributed by atoms with Crippen molar-refractivity contribution in [2.24, 2.45) is 0 Å². The number of nitro benzene ring substituents is 1. The molecule has 1 aromatic carbocycles. The number of benzene rings is 1. The number of nitrogens with one attached hydrogen (secondary N) is 1. The van der Waals surface area contributed by atoms with Gasteiger partial charge in [0.2, 0.25) is 0 Å². The summed E-state index contributed by atoms with van der Waals surface area (Å²) in [6.07, 6.45) is 2.93. The Kier molecular flexibility index (Phi) is 3.64. The maximum Gasteiger partial charge on any atom is 0.269 e. The van der Waals surface area contributed by atoms with Crippen LogP contribution in [0.5, 0.6) is 0 Å². The smallest absolute Gasteiger partial charge is 0.269 e. The molecule has 19 heavy (non-hydrogen) atoms. The standard InChI is InChI=1S/C12H9N5O2/c13-7-11-12(15-6-5-14-11)16-8-9-1-3-10(4-2-9)17(18)19/h1-6H,8H2,(H,15,16). The van der Waals surface area contributed by atoms with Crippen molar-refractivity contribution in [2.75, 3.05) is 5.32 Å². The van der Waals surface area contributed by atoms with Gasteiger partial charge in [-0.05, 0) is 5.56 Å². The van der Waals surface area contributed by atoms with Gasteiger partial charge in [-0.1, -0.05) is 12.1 Å². The molecule has 0 aliphatic carbocycles. The van der Waals surface area contributed by atoms with Crippen molar-refractivity contribution >= 4 is 11.5 Å². The first-order chi connectivity index (χ1) is 9.20. The highest BCUT2D eigenvalue weighted by Crippen LogP contribution is 2.13. The molecule has 2 aromatic rings. The summed E-state index contributed by atoms with van der Waals surface area (Å²) < 4.78 is 0. The first-order valence-electron chi connectivity index (χ1n) is 5.39. The van der Waals surface area contributed by atoms with E-state index >= 15 is 0 Å². The van der Waals surface area contributed by atoms with Crippen molar-refractivity contribution in [1.29, 1.82) is 5.26 Å². The number of anilines is 1. The number of rotatable bonds is 4. The van der Waals surface area contributed by atoms with Gasteiger partial charge in [-0.15, -0.1) is 0 Å². The summed E-state index contributed by atoms with van der Waals surface area (Å²) in [7, 11) is 0. The molecule has 1 heterocycles. The van der Waals surface area contributed by atoms with Crippen molar-refractivity contribution < 1.29 is 4.92 Å². The normalized spacial score (nSPS) is 9.63. The third-order valence-electron chi connectivity index (χ3n) is 2.41. The van der Waals surface area contributed by atoms with E-state index in [0.717, 1.165) is 5.56 Å². The van der Waals surface area contributed by atoms with Crippen molar-refractivity contribution in [3.05, 3.63) is 58.0 Å². The predicted octanol–water partition coefficient (Wildman–Crippen LogP) is 1.87. The molecule has 7 heteroatoms. The monoisotopic (exact) mass is 255 g/mol. The zero-order valence-corrected chi connectivity index (χ0v) is 9.78. The van der Waals surface area contributed by atoms with Crippen LogP contribution in [0.3, 0.4) is 0 Å². The highest BCUT2D eigenvalue weighted by molar-refractivity contribution is 5.47. The van der Waals surface area contributed by atoms with Crippen molar-refractivity contribution in [1.82, 2.24) is 9.97 Å². The lowest BCUT2D eigenvalue weighted by atomic mass is 10.2. The van der Waals surface area contributed by atoms with Crippen LogP contribution in [0.15, 0.2) is 36.7 Å². The van der Waals surface area contributed by atoms with Crippen LogP contribution in [0.1, 0.15) is 11.3 Å². The van der Waals surface area contributed by atoms with Gasteiger partial charge in [0.25, 0.3) is 5.69 Å². The van der Waals surface area contributed by atoms with Crippen molar-refractivity contribution in [2.45, 2.75) is 6.54 Å². The van der Waals surface area contributed by atoms with E-state index in [4.69, 9.17) is 5.26 Å². The third-order valence-corrected chi connectivity index (χ3v) is 2.41. The molecule has 0 amide bonds. The van der Waals surface area contributed by atoms with Gasteiger partial charge in [-0.2, -0.15) is 5.26 Å². The minimum absolute atomic E-state index is 0.0426. The second kappa shape index (κ2) is 5.55. The summed E-state index contributed by atoms with van der Waals surface area (Å²) in [6.45, 7) is 0.408. The Hall–Kier alpha value is -3.01. The average Bonchev–Trinajstić information content (AvgIpc) is 2.45. The maximum absolute atomic E-state index is 10.5. The van der Waals surface area contributed by atoms with Gasteiger partial charge >= 0.3 is 0 Å². The number of nitro groups is 1. The Morgan fingerprint density at radius 2 is 1.95 bits per heavy atom. The van der Waals surface area contributed by atoms with Crippen LogP contribution >= 0.6 is 0 Å². The molecule has 1 N–H and O–H groups in total. The minimum Gasteiger partial charge on any atom is -0.364 e. The molecule has 0 aliphatic rings. The van der Waals surface area contributed by atoms with E-state index in [-0.39, 0.29) is 11.4 Å². The van der Waals surface area contributed by atoms with Gasteiger partial charge in [-0.25, -0.2) is 9.97 Å². The van der Waals surface area contributed by atoms with Crippen molar-refractivity contribution in [3.8, 4) is 6.07 Å². The molecule has 1 aromatic heterocycles. The molecule has 0 bridgehead atoms. The van der Waals surface area contributed by atoms with Crippen molar-refractivity contribution in [3.63, 3.8) is 0 Å². The van der Waals surface area contributed by atoms with E-state index in [1.807, 2.05) is 6.07 Å². The van der Waals surface area contributed by atoms with Crippen LogP contribution in [0, 0.1) is 21.4 Å². The second-order valence-electron chi connectivity index (χ2n) is 3.64. The molecule has 0 unspecified atom stereocenters. The van der Waals surface area contributed by atoms with Crippen LogP contribution in [0.4, 0.5) is 11.5 Å². The van der Waals surface area contributed by atoms with Gasteiger partial charge in [0.05, 0.1) is 4.92 Å². The summed E-state index contributed by atoms with van der Waals surface area (Å²) in [4.78, 5) is 17.9. The summed E-state index contributed by atoms with van der Waals surface area (Å²) in [6, 6.07) is 8.08. The lowest BCUT2D eigenvalue weighted by molar-refractivity contribution is -0.384. The number of hydrogen-bond donors (Lipinski definition) is 1. The highest BCUT2D eigenvalue weighted by Gasteiger charge is 2.06. The zero-order valence-electron chi connectivity index (χ0n) is 9.78. The molecular weight excluding hydrogens is 246 g/mol. The third kappa shape index (κ3) is 3.01. The largest absolute Gasteiger partial charge is 0.364 e. The Balaban J connectivity index is 2.06. The van der Waals surface area contributed by atoms with Crippen LogP contribution in [0.2, 0.25) is 0 Å². The van der Waals surface area contributed by atoms with Crippen LogP contribution in [0.25, 0.3) is 0 Å². The number of hydrogen-bond acceptors (Lipinski definition) is 6. The molecule has 7 nitrogen and oxygen atoms in total. The first-order valence-corrected chi connectivity index (χ1v) is 5.39. The topological polar surface area (TPSA) is 105 Å². The summed E-state index contributed by atoms with van der Waals surface area (Å²) in [5.41, 5.74) is 1.10. The van der Waals surface area contributed by atoms with Gasteiger partial charge in [0, 0.05) is 31.1 Å². The fourth-order valence-electron chi connectivity index (χ4n) is 1.47. The molecule has 0 aliphatic heterocycles. The van der Waals surface area contributed by atoms with E-state index in [2.05, 4.69) is 15.3 Å². The zero-order chi connectivity index (χ0) is 13.7. The number of non-ortho nitro benzene ring substituents is 1. The molecule has 0 atom stereocenters. The SMILES string of the molecule is N#Cc1nccnc1NCc1ccc([N+](=O)[O-])cc1. The molecule has 2 rings (SSSR count). The molecule has 0 fully saturated rings. The van der Waals surface area contributed by atoms with Crippen LogP contribution < -0.4 is 5.32 Å². The first kappa shape index (κ1) is 12.4. The van der Waals surface area contributed by atoms with Gasteiger partial charge in [-0.3, -0.25) is 10.1 Å². The van der Waals surface area contributed by atoms with E-state index < -0.39 is 4.92 Å². The Bertz CT molecular complexity index is 633. The molecule has 94 valence electrons. The quantitative estimate of drug-likeness (QED) is 0.660. The molecule has 0 spiro atoms. The highest BCUT2D eigenvalue weighted by atomic mass is 16.6. The second-order valence-corrected chi connectivity index (χ2v) is 3.64. The molecule has 0 saturated heterocycles.